The van der Waals surface area contributed by atoms with Crippen molar-refractivity contribution in [3.8, 4) is 0 Å². The van der Waals surface area contributed by atoms with Crippen molar-refractivity contribution in [3.05, 3.63) is 42.1 Å². The third-order valence-electron chi connectivity index (χ3n) is 2.53. The van der Waals surface area contributed by atoms with Gasteiger partial charge in [-0.05, 0) is 19.1 Å². The fourth-order valence-electron chi connectivity index (χ4n) is 1.59. The molecule has 2 heterocycles. The Hall–Kier alpha value is -1.09. The van der Waals surface area contributed by atoms with E-state index in [1.165, 1.54) is 27.8 Å². The molecule has 0 saturated carbocycles. The molecule has 0 amide bonds. The molecular weight excluding hydrogens is 320 g/mol. The molecule has 0 spiro atoms. The molecule has 0 aromatic carbocycles. The number of nitrogens with zero attached hydrogens (tertiary/aromatic N) is 2. The van der Waals surface area contributed by atoms with Gasteiger partial charge in [0.1, 0.15) is 0 Å². The molecule has 20 heavy (non-hydrogen) atoms. The number of aromatic nitrogens is 3. The minimum absolute atomic E-state index is 0.100. The molecule has 2 aromatic heterocycles. The van der Waals surface area contributed by atoms with Gasteiger partial charge in [-0.2, -0.15) is 4.98 Å². The van der Waals surface area contributed by atoms with Crippen molar-refractivity contribution in [2.75, 3.05) is 0 Å². The number of hydrogen-bond donors (Lipinski definition) is 2. The number of aromatic amines is 1. The first-order valence-corrected chi connectivity index (χ1v) is 7.80. The number of hydrogen-bond acceptors (Lipinski definition) is 6. The normalized spacial score (nSPS) is 14.2. The molecule has 0 fully saturated rings. The van der Waals surface area contributed by atoms with Crippen molar-refractivity contribution in [2.45, 2.75) is 23.4 Å². The Balaban J connectivity index is 2.36. The Labute approximate surface area is 128 Å². The van der Waals surface area contributed by atoms with Crippen LogP contribution in [0.15, 0.2) is 26.9 Å². The van der Waals surface area contributed by atoms with Gasteiger partial charge in [-0.25, -0.2) is 0 Å². The number of nitrogens with two attached hydrogens (primary N) is 1. The average molecular weight is 333 g/mol. The Morgan fingerprint density at radius 1 is 1.50 bits per heavy atom. The zero-order chi connectivity index (χ0) is 14.9. The van der Waals surface area contributed by atoms with Crippen LogP contribution >= 0.6 is 34.7 Å². The first-order chi connectivity index (χ1) is 9.38. The highest BCUT2D eigenvalue weighted by Crippen LogP contribution is 2.39. The second-order valence-corrected chi connectivity index (χ2v) is 7.09. The van der Waals surface area contributed by atoms with Gasteiger partial charge in [-0.3, -0.25) is 19.4 Å². The molecule has 0 saturated heterocycles. The quantitative estimate of drug-likeness (QED) is 0.651. The van der Waals surface area contributed by atoms with Gasteiger partial charge in [0.2, 0.25) is 0 Å². The maximum atomic E-state index is 11.4. The lowest BCUT2D eigenvalue weighted by molar-refractivity contribution is 0.592. The molecule has 0 radical (unpaired) electrons. The highest BCUT2D eigenvalue weighted by Gasteiger charge is 2.22. The van der Waals surface area contributed by atoms with E-state index in [1.807, 2.05) is 13.0 Å². The number of rotatable bonds is 4. The van der Waals surface area contributed by atoms with Crippen LogP contribution < -0.4 is 16.9 Å². The molecule has 2 unspecified atom stereocenters. The SMILES string of the molecule is CC(N)C(Sc1nc(=O)c(=O)[nH]n1C)c1ccc(Cl)s1. The van der Waals surface area contributed by atoms with Crippen molar-refractivity contribution in [1.29, 1.82) is 0 Å². The maximum Gasteiger partial charge on any atom is 0.339 e. The van der Waals surface area contributed by atoms with E-state index >= 15 is 0 Å². The van der Waals surface area contributed by atoms with Crippen LogP contribution in [0.1, 0.15) is 17.1 Å². The summed E-state index contributed by atoms with van der Waals surface area (Å²) in [7, 11) is 1.62. The van der Waals surface area contributed by atoms with Crippen molar-refractivity contribution < 1.29 is 0 Å². The molecule has 3 N–H and O–H groups in total. The summed E-state index contributed by atoms with van der Waals surface area (Å²) in [5.74, 6) is 0. The minimum Gasteiger partial charge on any atom is -0.327 e. The summed E-state index contributed by atoms with van der Waals surface area (Å²) < 4.78 is 2.09. The van der Waals surface area contributed by atoms with E-state index in [1.54, 1.807) is 13.1 Å². The zero-order valence-electron chi connectivity index (χ0n) is 10.8. The monoisotopic (exact) mass is 332 g/mol. The Kier molecular flexibility index (Phi) is 4.69. The maximum absolute atomic E-state index is 11.4. The van der Waals surface area contributed by atoms with Gasteiger partial charge in [0.05, 0.1) is 9.59 Å². The third kappa shape index (κ3) is 3.32. The number of aryl methyl sites for hydroxylation is 1. The highest BCUT2D eigenvalue weighted by molar-refractivity contribution is 7.99. The van der Waals surface area contributed by atoms with E-state index in [2.05, 4.69) is 10.1 Å². The number of thioether (sulfide) groups is 1. The molecule has 0 aliphatic heterocycles. The number of halogens is 1. The molecule has 0 aliphatic carbocycles. The van der Waals surface area contributed by atoms with Gasteiger partial charge < -0.3 is 5.73 Å². The predicted octanol–water partition coefficient (Wildman–Crippen LogP) is 1.36. The predicted molar refractivity (Wildman–Crippen MR) is 81.7 cm³/mol. The Morgan fingerprint density at radius 3 is 2.75 bits per heavy atom. The van der Waals surface area contributed by atoms with Crippen molar-refractivity contribution in [1.82, 2.24) is 14.8 Å². The second-order valence-electron chi connectivity index (χ2n) is 4.24. The van der Waals surface area contributed by atoms with Crippen molar-refractivity contribution >= 4 is 34.7 Å². The third-order valence-corrected chi connectivity index (χ3v) is 5.51. The minimum atomic E-state index is -0.807. The van der Waals surface area contributed by atoms with Gasteiger partial charge in [0.15, 0.2) is 5.16 Å². The van der Waals surface area contributed by atoms with Gasteiger partial charge in [-0.1, -0.05) is 23.4 Å². The standard InChI is InChI=1S/C11H13ClN4O2S2/c1-5(13)8(6-3-4-7(12)19-6)20-11-14-9(17)10(18)15-16(11)2/h3-5,8H,13H2,1-2H3,(H,15,18). The second kappa shape index (κ2) is 6.13. The number of nitrogens with one attached hydrogen (secondary N) is 1. The fraction of sp³-hybridized carbons (Fsp3) is 0.364. The van der Waals surface area contributed by atoms with Crippen LogP contribution in [0.3, 0.4) is 0 Å². The number of thiophene rings is 1. The lowest BCUT2D eigenvalue weighted by Crippen LogP contribution is -2.34. The lowest BCUT2D eigenvalue weighted by Gasteiger charge is -2.19. The fourth-order valence-corrected chi connectivity index (χ4v) is 4.01. The van der Waals surface area contributed by atoms with Gasteiger partial charge in [-0.15, -0.1) is 11.3 Å². The Bertz CT molecular complexity index is 722. The topological polar surface area (TPSA) is 93.8 Å². The molecule has 2 atom stereocenters. The van der Waals surface area contributed by atoms with Crippen molar-refractivity contribution in [3.63, 3.8) is 0 Å². The molecule has 0 aliphatic rings. The van der Waals surface area contributed by atoms with E-state index < -0.39 is 11.1 Å². The summed E-state index contributed by atoms with van der Waals surface area (Å²) in [6, 6.07) is 3.53. The summed E-state index contributed by atoms with van der Waals surface area (Å²) in [5.41, 5.74) is 4.45. The van der Waals surface area contributed by atoms with Crippen LogP contribution in [0.2, 0.25) is 4.34 Å². The number of H-pyrrole nitrogens is 1. The van der Waals surface area contributed by atoms with Crippen LogP contribution in [0.5, 0.6) is 0 Å². The first-order valence-electron chi connectivity index (χ1n) is 5.73. The summed E-state index contributed by atoms with van der Waals surface area (Å²) in [6.45, 7) is 1.87. The highest BCUT2D eigenvalue weighted by atomic mass is 35.5. The molecule has 6 nitrogen and oxygen atoms in total. The van der Waals surface area contributed by atoms with Gasteiger partial charge >= 0.3 is 11.1 Å². The first kappa shape index (κ1) is 15.3. The van der Waals surface area contributed by atoms with Crippen molar-refractivity contribution in [2.24, 2.45) is 12.8 Å². The summed E-state index contributed by atoms with van der Waals surface area (Å²) in [6.07, 6.45) is 0. The molecule has 2 aromatic rings. The lowest BCUT2D eigenvalue weighted by atomic mass is 10.2. The zero-order valence-corrected chi connectivity index (χ0v) is 13.2. The van der Waals surface area contributed by atoms with E-state index in [0.717, 1.165) is 4.88 Å². The van der Waals surface area contributed by atoms with Crippen LogP contribution in [-0.2, 0) is 7.05 Å². The molecular formula is C11H13ClN4O2S2. The molecule has 108 valence electrons. The largest absolute Gasteiger partial charge is 0.339 e. The molecule has 0 bridgehead atoms. The van der Waals surface area contributed by atoms with Crippen LogP contribution in [0.4, 0.5) is 0 Å². The molecule has 2 rings (SSSR count). The van der Waals surface area contributed by atoms with Crippen LogP contribution in [0, 0.1) is 0 Å². The average Bonchev–Trinajstić information content (AvgIpc) is 2.78. The van der Waals surface area contributed by atoms with Crippen LogP contribution in [0.25, 0.3) is 0 Å². The smallest absolute Gasteiger partial charge is 0.327 e. The van der Waals surface area contributed by atoms with E-state index in [-0.39, 0.29) is 11.3 Å². The summed E-state index contributed by atoms with van der Waals surface area (Å²) in [4.78, 5) is 27.3. The van der Waals surface area contributed by atoms with Gasteiger partial charge in [0, 0.05) is 18.0 Å². The van der Waals surface area contributed by atoms with E-state index in [0.29, 0.717) is 9.49 Å². The summed E-state index contributed by atoms with van der Waals surface area (Å²) in [5, 5.41) is 2.71. The summed E-state index contributed by atoms with van der Waals surface area (Å²) >= 11 is 8.69. The van der Waals surface area contributed by atoms with Crippen LogP contribution in [-0.4, -0.2) is 20.8 Å². The Morgan fingerprint density at radius 2 is 2.20 bits per heavy atom. The van der Waals surface area contributed by atoms with Gasteiger partial charge in [0.25, 0.3) is 0 Å². The van der Waals surface area contributed by atoms with E-state index in [9.17, 15) is 9.59 Å². The molecule has 9 heteroatoms. The van der Waals surface area contributed by atoms with E-state index in [4.69, 9.17) is 17.3 Å².